The van der Waals surface area contributed by atoms with Crippen LogP contribution in [0.2, 0.25) is 0 Å². The minimum atomic E-state index is -0.263. The molecule has 0 aliphatic carbocycles. The maximum atomic E-state index is 12.0. The predicted octanol–water partition coefficient (Wildman–Crippen LogP) is 2.88. The first kappa shape index (κ1) is 15.9. The number of carbonyl (C=O) groups is 1. The highest BCUT2D eigenvalue weighted by Gasteiger charge is 2.06. The highest BCUT2D eigenvalue weighted by Crippen LogP contribution is 2.11. The third-order valence-corrected chi connectivity index (χ3v) is 3.94. The first-order chi connectivity index (χ1) is 12.8. The van der Waals surface area contributed by atoms with Crippen LogP contribution in [-0.2, 0) is 6.42 Å². The number of nitrogens with zero attached hydrogens (tertiary/aromatic N) is 4. The highest BCUT2D eigenvalue weighted by atomic mass is 16.2. The Morgan fingerprint density at radius 3 is 2.73 bits per heavy atom. The lowest BCUT2D eigenvalue weighted by Gasteiger charge is -2.04. The lowest BCUT2D eigenvalue weighted by Crippen LogP contribution is -2.30. The zero-order chi connectivity index (χ0) is 17.8. The molecular weight excluding hydrogens is 328 g/mol. The van der Waals surface area contributed by atoms with Crippen LogP contribution in [-0.4, -0.2) is 31.7 Å². The number of carbonyl (C=O) groups excluding carboxylic acids is 1. The molecule has 130 valence electrons. The monoisotopic (exact) mass is 346 g/mol. The molecule has 3 heterocycles. The van der Waals surface area contributed by atoms with Crippen LogP contribution >= 0.6 is 0 Å². The van der Waals surface area contributed by atoms with Crippen LogP contribution in [0.3, 0.4) is 0 Å². The molecule has 4 rings (SSSR count). The average molecular weight is 346 g/mol. The Bertz CT molecular complexity index is 988. The van der Waals surface area contributed by atoms with E-state index in [2.05, 4.69) is 20.7 Å². The molecule has 0 fully saturated rings. The fourth-order valence-electron chi connectivity index (χ4n) is 2.70. The van der Waals surface area contributed by atoms with E-state index in [9.17, 15) is 4.79 Å². The zero-order valence-electron chi connectivity index (χ0n) is 14.0. The van der Waals surface area contributed by atoms with Crippen LogP contribution in [0.15, 0.2) is 73.3 Å². The maximum Gasteiger partial charge on any atom is 0.319 e. The van der Waals surface area contributed by atoms with E-state index in [1.54, 1.807) is 17.1 Å². The molecule has 7 heteroatoms. The summed E-state index contributed by atoms with van der Waals surface area (Å²) in [4.78, 5) is 16.5. The molecule has 0 aliphatic heterocycles. The number of urea groups is 1. The van der Waals surface area contributed by atoms with Crippen molar-refractivity contribution in [3.63, 3.8) is 0 Å². The first-order valence-electron chi connectivity index (χ1n) is 8.35. The summed E-state index contributed by atoms with van der Waals surface area (Å²) in [5, 5.41) is 9.88. The largest absolute Gasteiger partial charge is 0.337 e. The van der Waals surface area contributed by atoms with Crippen LogP contribution < -0.4 is 10.6 Å². The number of fused-ring (bicyclic) bond motifs is 1. The summed E-state index contributed by atoms with van der Waals surface area (Å²) < 4.78 is 3.68. The van der Waals surface area contributed by atoms with E-state index in [0.29, 0.717) is 18.7 Å². The molecule has 4 aromatic rings. The number of nitrogens with one attached hydrogen (secondary N) is 2. The zero-order valence-corrected chi connectivity index (χ0v) is 14.0. The predicted molar refractivity (Wildman–Crippen MR) is 99.5 cm³/mol. The van der Waals surface area contributed by atoms with Gasteiger partial charge >= 0.3 is 6.03 Å². The summed E-state index contributed by atoms with van der Waals surface area (Å²) in [6, 6.07) is 15.3. The SMILES string of the molecule is O=C(NCCc1cn2ccccc2n1)Nc1cnn(-c2ccccc2)c1. The van der Waals surface area contributed by atoms with Gasteiger partial charge in [0.05, 0.1) is 29.5 Å². The van der Waals surface area contributed by atoms with E-state index in [0.717, 1.165) is 17.0 Å². The maximum absolute atomic E-state index is 12.0. The third kappa shape index (κ3) is 3.56. The Kier molecular flexibility index (Phi) is 4.34. The molecule has 0 unspecified atom stereocenters. The van der Waals surface area contributed by atoms with Crippen molar-refractivity contribution >= 4 is 17.4 Å². The van der Waals surface area contributed by atoms with Crippen molar-refractivity contribution in [2.45, 2.75) is 6.42 Å². The Hall–Kier alpha value is -3.61. The quantitative estimate of drug-likeness (QED) is 0.583. The number of aromatic nitrogens is 4. The smallest absolute Gasteiger partial charge is 0.319 e. The lowest BCUT2D eigenvalue weighted by molar-refractivity contribution is 0.252. The highest BCUT2D eigenvalue weighted by molar-refractivity contribution is 5.88. The Balaban J connectivity index is 1.29. The first-order valence-corrected chi connectivity index (χ1v) is 8.35. The Labute approximate surface area is 150 Å². The van der Waals surface area contributed by atoms with E-state index >= 15 is 0 Å². The summed E-state index contributed by atoms with van der Waals surface area (Å²) in [6.45, 7) is 0.503. The van der Waals surface area contributed by atoms with Crippen molar-refractivity contribution in [3.05, 3.63) is 79.0 Å². The van der Waals surface area contributed by atoms with Gasteiger partial charge in [-0.1, -0.05) is 24.3 Å². The molecule has 2 N–H and O–H groups in total. The molecule has 26 heavy (non-hydrogen) atoms. The summed E-state index contributed by atoms with van der Waals surface area (Å²) >= 11 is 0. The Morgan fingerprint density at radius 2 is 1.88 bits per heavy atom. The number of rotatable bonds is 5. The summed E-state index contributed by atoms with van der Waals surface area (Å²) in [6.07, 6.45) is 7.99. The second-order valence-electron chi connectivity index (χ2n) is 5.84. The number of hydrogen-bond acceptors (Lipinski definition) is 3. The van der Waals surface area contributed by atoms with Gasteiger partial charge in [-0.3, -0.25) is 0 Å². The Morgan fingerprint density at radius 1 is 1.04 bits per heavy atom. The van der Waals surface area contributed by atoms with Gasteiger partial charge in [-0.05, 0) is 24.3 Å². The fourth-order valence-corrected chi connectivity index (χ4v) is 2.70. The fraction of sp³-hybridized carbons (Fsp3) is 0.105. The number of para-hydroxylation sites is 1. The summed E-state index contributed by atoms with van der Waals surface area (Å²) in [5.74, 6) is 0. The molecular formula is C19H18N6O. The van der Waals surface area contributed by atoms with E-state index in [4.69, 9.17) is 0 Å². The van der Waals surface area contributed by atoms with E-state index in [1.165, 1.54) is 0 Å². The van der Waals surface area contributed by atoms with E-state index in [1.807, 2.05) is 65.3 Å². The minimum Gasteiger partial charge on any atom is -0.337 e. The summed E-state index contributed by atoms with van der Waals surface area (Å²) in [5.41, 5.74) is 3.42. The standard InChI is InChI=1S/C19H18N6O/c26-19(20-10-9-15-13-24-11-5-4-8-18(24)22-15)23-16-12-21-25(14-16)17-6-2-1-3-7-17/h1-8,11-14H,9-10H2,(H2,20,23,26). The van der Waals surface area contributed by atoms with Crippen LogP contribution in [0.25, 0.3) is 11.3 Å². The second-order valence-corrected chi connectivity index (χ2v) is 5.84. The van der Waals surface area contributed by atoms with E-state index in [-0.39, 0.29) is 6.03 Å². The van der Waals surface area contributed by atoms with Crippen LogP contribution in [0.5, 0.6) is 0 Å². The molecule has 3 aromatic heterocycles. The second kappa shape index (κ2) is 7.10. The van der Waals surface area contributed by atoms with Gasteiger partial charge in [0.25, 0.3) is 0 Å². The molecule has 0 atom stereocenters. The van der Waals surface area contributed by atoms with Gasteiger partial charge in [0, 0.05) is 25.4 Å². The number of benzene rings is 1. The van der Waals surface area contributed by atoms with Crippen LogP contribution in [0, 0.1) is 0 Å². The van der Waals surface area contributed by atoms with Gasteiger partial charge in [-0.2, -0.15) is 5.10 Å². The van der Waals surface area contributed by atoms with Crippen molar-refractivity contribution in [2.75, 3.05) is 11.9 Å². The average Bonchev–Trinajstić information content (AvgIpc) is 3.29. The number of hydrogen-bond donors (Lipinski definition) is 2. The number of amides is 2. The molecule has 0 spiro atoms. The molecule has 2 amide bonds. The van der Waals surface area contributed by atoms with Gasteiger partial charge < -0.3 is 15.0 Å². The molecule has 0 bridgehead atoms. The van der Waals surface area contributed by atoms with Gasteiger partial charge in [0.15, 0.2) is 0 Å². The summed E-state index contributed by atoms with van der Waals surface area (Å²) in [7, 11) is 0. The van der Waals surface area contributed by atoms with Crippen molar-refractivity contribution in [1.82, 2.24) is 24.5 Å². The molecule has 0 aliphatic rings. The molecule has 0 radical (unpaired) electrons. The number of anilines is 1. The third-order valence-electron chi connectivity index (χ3n) is 3.94. The molecule has 7 nitrogen and oxygen atoms in total. The normalized spacial score (nSPS) is 10.8. The molecule has 1 aromatic carbocycles. The molecule has 0 saturated carbocycles. The topological polar surface area (TPSA) is 76.2 Å². The van der Waals surface area contributed by atoms with Crippen molar-refractivity contribution < 1.29 is 4.79 Å². The van der Waals surface area contributed by atoms with Gasteiger partial charge in [0.1, 0.15) is 5.65 Å². The van der Waals surface area contributed by atoms with Gasteiger partial charge in [-0.15, -0.1) is 0 Å². The van der Waals surface area contributed by atoms with Crippen molar-refractivity contribution in [1.29, 1.82) is 0 Å². The van der Waals surface area contributed by atoms with Crippen molar-refractivity contribution in [3.8, 4) is 5.69 Å². The number of pyridine rings is 1. The van der Waals surface area contributed by atoms with E-state index < -0.39 is 0 Å². The molecule has 0 saturated heterocycles. The minimum absolute atomic E-state index is 0.263. The number of imidazole rings is 1. The van der Waals surface area contributed by atoms with Crippen LogP contribution in [0.4, 0.5) is 10.5 Å². The lowest BCUT2D eigenvalue weighted by atomic mass is 10.3. The van der Waals surface area contributed by atoms with Crippen molar-refractivity contribution in [2.24, 2.45) is 0 Å². The van der Waals surface area contributed by atoms with Gasteiger partial charge in [-0.25, -0.2) is 14.5 Å². The van der Waals surface area contributed by atoms with Gasteiger partial charge in [0.2, 0.25) is 0 Å². The van der Waals surface area contributed by atoms with Crippen LogP contribution in [0.1, 0.15) is 5.69 Å².